The number of halogens is 2. The van der Waals surface area contributed by atoms with Gasteiger partial charge >= 0.3 is 0 Å². The Morgan fingerprint density at radius 3 is 2.87 bits per heavy atom. The van der Waals surface area contributed by atoms with E-state index in [-0.39, 0.29) is 18.3 Å². The molecule has 0 aliphatic heterocycles. The minimum Gasteiger partial charge on any atom is -0.396 e. The third kappa shape index (κ3) is 1.94. The van der Waals surface area contributed by atoms with E-state index in [1.807, 2.05) is 0 Å². The maximum atomic E-state index is 13.5. The molecule has 2 N–H and O–H groups in total. The normalized spacial score (nSPS) is 24.3. The van der Waals surface area contributed by atoms with Crippen LogP contribution in [0.2, 0.25) is 0 Å². The second-order valence-electron chi connectivity index (χ2n) is 3.88. The lowest BCUT2D eigenvalue weighted by Crippen LogP contribution is -2.08. The van der Waals surface area contributed by atoms with E-state index in [1.165, 1.54) is 6.07 Å². The van der Waals surface area contributed by atoms with Crippen molar-refractivity contribution in [2.75, 3.05) is 6.61 Å². The zero-order chi connectivity index (χ0) is 11.0. The summed E-state index contributed by atoms with van der Waals surface area (Å²) in [5, 5.41) is 18.8. The molecule has 0 spiro atoms. The van der Waals surface area contributed by atoms with Crippen LogP contribution >= 0.6 is 15.9 Å². The highest BCUT2D eigenvalue weighted by atomic mass is 79.9. The van der Waals surface area contributed by atoms with Gasteiger partial charge in [0.05, 0.1) is 6.10 Å². The molecule has 1 aliphatic carbocycles. The smallest absolute Gasteiger partial charge is 0.127 e. The zero-order valence-electron chi connectivity index (χ0n) is 8.08. The van der Waals surface area contributed by atoms with E-state index in [0.717, 1.165) is 0 Å². The van der Waals surface area contributed by atoms with Crippen molar-refractivity contribution in [3.63, 3.8) is 0 Å². The van der Waals surface area contributed by atoms with Gasteiger partial charge in [-0.1, -0.05) is 15.9 Å². The van der Waals surface area contributed by atoms with Crippen LogP contribution < -0.4 is 0 Å². The van der Waals surface area contributed by atoms with Crippen LogP contribution in [0.5, 0.6) is 0 Å². The molecular formula is C11H12BrFO2. The summed E-state index contributed by atoms with van der Waals surface area (Å²) >= 11 is 3.20. The third-order valence-corrected chi connectivity index (χ3v) is 3.38. The second kappa shape index (κ2) is 4.20. The van der Waals surface area contributed by atoms with Crippen LogP contribution in [0.1, 0.15) is 23.7 Å². The third-order valence-electron chi connectivity index (χ3n) is 2.93. The molecule has 2 atom stereocenters. The molecule has 2 rings (SSSR count). The SMILES string of the molecule is OCCC1Cc2c(F)cc(Br)cc2C1O. The predicted octanol–water partition coefficient (Wildman–Crippen LogP) is 2.18. The number of benzene rings is 1. The van der Waals surface area contributed by atoms with Crippen LogP contribution in [-0.2, 0) is 6.42 Å². The summed E-state index contributed by atoms with van der Waals surface area (Å²) in [7, 11) is 0. The van der Waals surface area contributed by atoms with E-state index in [0.29, 0.717) is 28.4 Å². The Kier molecular flexibility index (Phi) is 3.09. The Balaban J connectivity index is 2.36. The van der Waals surface area contributed by atoms with Crippen LogP contribution in [0.4, 0.5) is 4.39 Å². The lowest BCUT2D eigenvalue weighted by molar-refractivity contribution is 0.104. The van der Waals surface area contributed by atoms with Gasteiger partial charge in [-0.05, 0) is 42.0 Å². The first-order valence-corrected chi connectivity index (χ1v) is 5.69. The monoisotopic (exact) mass is 274 g/mol. The summed E-state index contributed by atoms with van der Waals surface area (Å²) in [4.78, 5) is 0. The minimum absolute atomic E-state index is 0.0263. The molecule has 0 saturated carbocycles. The van der Waals surface area contributed by atoms with Crippen molar-refractivity contribution in [3.8, 4) is 0 Å². The lowest BCUT2D eigenvalue weighted by atomic mass is 10.0. The summed E-state index contributed by atoms with van der Waals surface area (Å²) in [5.74, 6) is -0.340. The number of hydrogen-bond acceptors (Lipinski definition) is 2. The van der Waals surface area contributed by atoms with E-state index in [4.69, 9.17) is 5.11 Å². The fourth-order valence-corrected chi connectivity index (χ4v) is 2.60. The predicted molar refractivity (Wildman–Crippen MR) is 58.0 cm³/mol. The summed E-state index contributed by atoms with van der Waals surface area (Å²) in [6.07, 6.45) is 0.363. The summed E-state index contributed by atoms with van der Waals surface area (Å²) < 4.78 is 14.2. The number of rotatable bonds is 2. The van der Waals surface area contributed by atoms with Crippen molar-refractivity contribution < 1.29 is 14.6 Å². The number of hydrogen-bond donors (Lipinski definition) is 2. The Morgan fingerprint density at radius 1 is 1.47 bits per heavy atom. The molecule has 2 unspecified atom stereocenters. The van der Waals surface area contributed by atoms with Crippen molar-refractivity contribution in [2.24, 2.45) is 5.92 Å². The summed E-state index contributed by atoms with van der Waals surface area (Å²) in [5.41, 5.74) is 1.24. The average molecular weight is 275 g/mol. The van der Waals surface area contributed by atoms with Crippen molar-refractivity contribution in [1.29, 1.82) is 0 Å². The van der Waals surface area contributed by atoms with Gasteiger partial charge in [0.25, 0.3) is 0 Å². The molecule has 2 nitrogen and oxygen atoms in total. The molecule has 15 heavy (non-hydrogen) atoms. The Bertz CT molecular complexity index is 381. The first-order chi connectivity index (χ1) is 7.13. The van der Waals surface area contributed by atoms with Gasteiger partial charge < -0.3 is 10.2 Å². The molecule has 0 saturated heterocycles. The van der Waals surface area contributed by atoms with Crippen LogP contribution in [0.25, 0.3) is 0 Å². The first-order valence-electron chi connectivity index (χ1n) is 4.90. The molecule has 0 heterocycles. The Morgan fingerprint density at radius 2 is 2.20 bits per heavy atom. The largest absolute Gasteiger partial charge is 0.396 e. The van der Waals surface area contributed by atoms with Crippen molar-refractivity contribution in [1.82, 2.24) is 0 Å². The molecule has 82 valence electrons. The number of aliphatic hydroxyl groups excluding tert-OH is 2. The highest BCUT2D eigenvalue weighted by Gasteiger charge is 2.32. The van der Waals surface area contributed by atoms with Crippen LogP contribution in [0.15, 0.2) is 16.6 Å². The van der Waals surface area contributed by atoms with Gasteiger partial charge in [0, 0.05) is 11.1 Å². The van der Waals surface area contributed by atoms with Gasteiger partial charge in [-0.3, -0.25) is 0 Å². The maximum Gasteiger partial charge on any atom is 0.127 e. The molecule has 0 aromatic heterocycles. The highest BCUT2D eigenvalue weighted by Crippen LogP contribution is 2.40. The summed E-state index contributed by atoms with van der Waals surface area (Å²) in [6, 6.07) is 3.16. The topological polar surface area (TPSA) is 40.5 Å². The van der Waals surface area contributed by atoms with Gasteiger partial charge in [-0.25, -0.2) is 4.39 Å². The molecule has 1 aliphatic rings. The fourth-order valence-electron chi connectivity index (χ4n) is 2.16. The first kappa shape index (κ1) is 11.0. The van der Waals surface area contributed by atoms with Crippen molar-refractivity contribution >= 4 is 15.9 Å². The fraction of sp³-hybridized carbons (Fsp3) is 0.455. The van der Waals surface area contributed by atoms with E-state index in [1.54, 1.807) is 6.07 Å². The maximum absolute atomic E-state index is 13.5. The van der Waals surface area contributed by atoms with Gasteiger partial charge in [-0.2, -0.15) is 0 Å². The highest BCUT2D eigenvalue weighted by molar-refractivity contribution is 9.10. The molecule has 4 heteroatoms. The zero-order valence-corrected chi connectivity index (χ0v) is 9.67. The van der Waals surface area contributed by atoms with Crippen LogP contribution in [0, 0.1) is 11.7 Å². The van der Waals surface area contributed by atoms with E-state index < -0.39 is 6.10 Å². The molecule has 0 amide bonds. The van der Waals surface area contributed by atoms with Gasteiger partial charge in [0.15, 0.2) is 0 Å². The lowest BCUT2D eigenvalue weighted by Gasteiger charge is -2.12. The average Bonchev–Trinajstić information content (AvgIpc) is 2.47. The van der Waals surface area contributed by atoms with Gasteiger partial charge in [-0.15, -0.1) is 0 Å². The summed E-state index contributed by atoms with van der Waals surface area (Å²) in [6.45, 7) is 0.0263. The second-order valence-corrected chi connectivity index (χ2v) is 4.79. The molecule has 1 aromatic rings. The quantitative estimate of drug-likeness (QED) is 0.868. The molecule has 0 radical (unpaired) electrons. The van der Waals surface area contributed by atoms with Crippen LogP contribution in [-0.4, -0.2) is 16.8 Å². The molecular weight excluding hydrogens is 263 g/mol. The van der Waals surface area contributed by atoms with E-state index in [2.05, 4.69) is 15.9 Å². The molecule has 0 fully saturated rings. The van der Waals surface area contributed by atoms with Crippen LogP contribution in [0.3, 0.4) is 0 Å². The Labute approximate surface area is 95.9 Å². The number of fused-ring (bicyclic) bond motifs is 1. The standard InChI is InChI=1S/C11H12BrFO2/c12-7-4-9-8(10(13)5-7)3-6(1-2-14)11(9)15/h4-6,11,14-15H,1-3H2. The van der Waals surface area contributed by atoms with Gasteiger partial charge in [0.2, 0.25) is 0 Å². The molecule has 1 aromatic carbocycles. The van der Waals surface area contributed by atoms with E-state index >= 15 is 0 Å². The Hall–Kier alpha value is -0.450. The number of aliphatic hydroxyl groups is 2. The van der Waals surface area contributed by atoms with E-state index in [9.17, 15) is 9.50 Å². The minimum atomic E-state index is -0.654. The van der Waals surface area contributed by atoms with Gasteiger partial charge in [0.1, 0.15) is 5.82 Å². The molecule has 0 bridgehead atoms. The van der Waals surface area contributed by atoms with Crippen molar-refractivity contribution in [3.05, 3.63) is 33.5 Å². The van der Waals surface area contributed by atoms with Crippen molar-refractivity contribution in [2.45, 2.75) is 18.9 Å².